The molecule has 0 saturated heterocycles. The fourth-order valence-electron chi connectivity index (χ4n) is 4.08. The van der Waals surface area contributed by atoms with Crippen LogP contribution in [0.2, 0.25) is 0 Å². The first kappa shape index (κ1) is 18.9. The number of fused-ring (bicyclic) bond motifs is 2. The van der Waals surface area contributed by atoms with Gasteiger partial charge in [0.15, 0.2) is 5.03 Å². The Morgan fingerprint density at radius 1 is 1.18 bits per heavy atom. The maximum absolute atomic E-state index is 12.5. The van der Waals surface area contributed by atoms with E-state index in [1.165, 1.54) is 21.9 Å². The molecule has 2 amide bonds. The number of sulfonamides is 1. The summed E-state index contributed by atoms with van der Waals surface area (Å²) < 4.78 is 33.5. The lowest BCUT2D eigenvalue weighted by molar-refractivity contribution is 0.183. The van der Waals surface area contributed by atoms with Gasteiger partial charge < -0.3 is 10.1 Å². The standard InChI is InChI=1S/C19H24N4O4S/c1-27-11-10-23-9-8-17(21-23)28(25,26)22-19(24)20-18-15-6-2-4-13(15)12-14-5-3-7-16(14)18/h8-9,12H,2-7,10-11H2,1H3,(H2,20,22,24). The Bertz CT molecular complexity index is 981. The quantitative estimate of drug-likeness (QED) is 0.767. The maximum Gasteiger partial charge on any atom is 0.333 e. The molecule has 1 heterocycles. The molecule has 2 aromatic rings. The van der Waals surface area contributed by atoms with Crippen LogP contribution in [0.4, 0.5) is 10.5 Å². The Kier molecular flexibility index (Phi) is 5.11. The number of nitrogens with zero attached hydrogens (tertiary/aromatic N) is 2. The molecule has 0 bridgehead atoms. The molecule has 9 heteroatoms. The molecule has 150 valence electrons. The lowest BCUT2D eigenvalue weighted by atomic mass is 9.99. The molecule has 2 N–H and O–H groups in total. The Balaban J connectivity index is 1.51. The van der Waals surface area contributed by atoms with E-state index in [1.54, 1.807) is 13.3 Å². The van der Waals surface area contributed by atoms with E-state index < -0.39 is 16.1 Å². The van der Waals surface area contributed by atoms with Crippen molar-refractivity contribution in [3.63, 3.8) is 0 Å². The zero-order valence-corrected chi connectivity index (χ0v) is 16.6. The van der Waals surface area contributed by atoms with Crippen LogP contribution >= 0.6 is 0 Å². The van der Waals surface area contributed by atoms with E-state index in [0.717, 1.165) is 55.3 Å². The summed E-state index contributed by atoms with van der Waals surface area (Å²) in [5.74, 6) is 0. The molecule has 4 rings (SSSR count). The summed E-state index contributed by atoms with van der Waals surface area (Å²) in [6.45, 7) is 0.847. The topological polar surface area (TPSA) is 102 Å². The molecule has 8 nitrogen and oxygen atoms in total. The number of carbonyl (C=O) groups is 1. The predicted molar refractivity (Wildman–Crippen MR) is 104 cm³/mol. The summed E-state index contributed by atoms with van der Waals surface area (Å²) in [6.07, 6.45) is 7.51. The number of hydrogen-bond donors (Lipinski definition) is 2. The number of hydrogen-bond acceptors (Lipinski definition) is 5. The SMILES string of the molecule is COCCn1ccc(S(=O)(=O)NC(=O)Nc2c3c(cc4c2CCC4)CCC3)n1. The van der Waals surface area contributed by atoms with Gasteiger partial charge in [0.1, 0.15) is 0 Å². The minimum atomic E-state index is -4.05. The maximum atomic E-state index is 12.5. The fourth-order valence-corrected chi connectivity index (χ4v) is 4.93. The average Bonchev–Trinajstić information content (AvgIpc) is 3.39. The number of benzene rings is 1. The number of amides is 2. The molecule has 0 aliphatic heterocycles. The van der Waals surface area contributed by atoms with Crippen LogP contribution in [0, 0.1) is 0 Å². The molecule has 0 radical (unpaired) electrons. The van der Waals surface area contributed by atoms with Crippen LogP contribution in [0.1, 0.15) is 35.1 Å². The largest absolute Gasteiger partial charge is 0.383 e. The van der Waals surface area contributed by atoms with Gasteiger partial charge in [0.05, 0.1) is 13.2 Å². The Hall–Kier alpha value is -2.39. The lowest BCUT2D eigenvalue weighted by Crippen LogP contribution is -2.35. The predicted octanol–water partition coefficient (Wildman–Crippen LogP) is 2.02. The summed E-state index contributed by atoms with van der Waals surface area (Å²) in [7, 11) is -2.49. The average molecular weight is 404 g/mol. The third-order valence-corrected chi connectivity index (χ3v) is 6.58. The number of anilines is 1. The third-order valence-electron chi connectivity index (χ3n) is 5.35. The number of aryl methyl sites for hydroxylation is 2. The van der Waals surface area contributed by atoms with Crippen molar-refractivity contribution in [2.24, 2.45) is 0 Å². The van der Waals surface area contributed by atoms with Crippen LogP contribution in [0.3, 0.4) is 0 Å². The highest BCUT2D eigenvalue weighted by atomic mass is 32.2. The van der Waals surface area contributed by atoms with Crippen LogP contribution in [-0.2, 0) is 47.0 Å². The molecular weight excluding hydrogens is 380 g/mol. The van der Waals surface area contributed by atoms with Crippen molar-refractivity contribution in [2.45, 2.75) is 50.1 Å². The molecule has 2 aliphatic rings. The molecular formula is C19H24N4O4S. The number of rotatable bonds is 6. The number of carbonyl (C=O) groups excluding carboxylic acids is 1. The van der Waals surface area contributed by atoms with E-state index >= 15 is 0 Å². The highest BCUT2D eigenvalue weighted by molar-refractivity contribution is 7.90. The minimum absolute atomic E-state index is 0.192. The smallest absolute Gasteiger partial charge is 0.333 e. The van der Waals surface area contributed by atoms with Gasteiger partial charge in [-0.2, -0.15) is 13.5 Å². The lowest BCUT2D eigenvalue weighted by Gasteiger charge is -2.16. The van der Waals surface area contributed by atoms with Crippen LogP contribution in [0.5, 0.6) is 0 Å². The summed E-state index contributed by atoms with van der Waals surface area (Å²) in [4.78, 5) is 12.5. The van der Waals surface area contributed by atoms with Crippen molar-refractivity contribution in [3.05, 3.63) is 40.6 Å². The number of aromatic nitrogens is 2. The molecule has 0 fully saturated rings. The van der Waals surface area contributed by atoms with Crippen LogP contribution in [0.15, 0.2) is 23.4 Å². The number of nitrogens with one attached hydrogen (secondary N) is 2. The monoisotopic (exact) mass is 404 g/mol. The van der Waals surface area contributed by atoms with E-state index in [-0.39, 0.29) is 5.03 Å². The molecule has 0 saturated carbocycles. The van der Waals surface area contributed by atoms with Gasteiger partial charge in [-0.3, -0.25) is 4.68 Å². The summed E-state index contributed by atoms with van der Waals surface area (Å²) in [5.41, 5.74) is 5.65. The van der Waals surface area contributed by atoms with Crippen molar-refractivity contribution in [1.82, 2.24) is 14.5 Å². The van der Waals surface area contributed by atoms with E-state index in [0.29, 0.717) is 13.2 Å². The van der Waals surface area contributed by atoms with Crippen molar-refractivity contribution in [2.75, 3.05) is 19.0 Å². The van der Waals surface area contributed by atoms with Gasteiger partial charge in [-0.05, 0) is 66.8 Å². The second-order valence-corrected chi connectivity index (χ2v) is 8.83. The summed E-state index contributed by atoms with van der Waals surface area (Å²) >= 11 is 0. The Labute approximate surface area is 164 Å². The van der Waals surface area contributed by atoms with E-state index in [9.17, 15) is 13.2 Å². The van der Waals surface area contributed by atoms with Gasteiger partial charge in [-0.15, -0.1) is 0 Å². The van der Waals surface area contributed by atoms with Gasteiger partial charge in [0.25, 0.3) is 10.0 Å². The van der Waals surface area contributed by atoms with Gasteiger partial charge in [-0.1, -0.05) is 6.07 Å². The minimum Gasteiger partial charge on any atom is -0.383 e. The van der Waals surface area contributed by atoms with Crippen molar-refractivity contribution in [3.8, 4) is 0 Å². The first-order valence-electron chi connectivity index (χ1n) is 9.50. The first-order valence-corrected chi connectivity index (χ1v) is 11.0. The van der Waals surface area contributed by atoms with Gasteiger partial charge in [0.2, 0.25) is 0 Å². The highest BCUT2D eigenvalue weighted by Gasteiger charge is 2.27. The van der Waals surface area contributed by atoms with Gasteiger partial charge in [-0.25, -0.2) is 9.52 Å². The van der Waals surface area contributed by atoms with Crippen molar-refractivity contribution >= 4 is 21.7 Å². The third kappa shape index (κ3) is 3.64. The molecule has 2 aliphatic carbocycles. The van der Waals surface area contributed by atoms with Crippen LogP contribution in [-0.4, -0.2) is 37.9 Å². The molecule has 0 atom stereocenters. The van der Waals surface area contributed by atoms with Crippen molar-refractivity contribution < 1.29 is 17.9 Å². The number of methoxy groups -OCH3 is 1. The van der Waals surface area contributed by atoms with Crippen LogP contribution in [0.25, 0.3) is 0 Å². The number of ether oxygens (including phenoxy) is 1. The summed E-state index contributed by atoms with van der Waals surface area (Å²) in [5, 5.41) is 6.63. The van der Waals surface area contributed by atoms with Crippen LogP contribution < -0.4 is 10.0 Å². The van der Waals surface area contributed by atoms with E-state index in [1.807, 2.05) is 0 Å². The Morgan fingerprint density at radius 3 is 2.50 bits per heavy atom. The normalized spacial score (nSPS) is 15.3. The van der Waals surface area contributed by atoms with Gasteiger partial charge in [0, 0.05) is 19.0 Å². The first-order chi connectivity index (χ1) is 13.5. The second kappa shape index (κ2) is 7.56. The fraction of sp³-hybridized carbons (Fsp3) is 0.474. The highest BCUT2D eigenvalue weighted by Crippen LogP contribution is 2.38. The summed E-state index contributed by atoms with van der Waals surface area (Å²) in [6, 6.07) is 2.88. The van der Waals surface area contributed by atoms with E-state index in [2.05, 4.69) is 21.2 Å². The number of urea groups is 1. The molecule has 0 spiro atoms. The second-order valence-electron chi connectivity index (χ2n) is 7.20. The molecule has 0 unspecified atom stereocenters. The van der Waals surface area contributed by atoms with Gasteiger partial charge >= 0.3 is 6.03 Å². The molecule has 1 aromatic heterocycles. The molecule has 28 heavy (non-hydrogen) atoms. The van der Waals surface area contributed by atoms with Crippen molar-refractivity contribution in [1.29, 1.82) is 0 Å². The zero-order valence-electron chi connectivity index (χ0n) is 15.8. The zero-order chi connectivity index (χ0) is 19.7. The van der Waals surface area contributed by atoms with E-state index in [4.69, 9.17) is 4.74 Å². The Morgan fingerprint density at radius 2 is 1.86 bits per heavy atom. The molecule has 1 aromatic carbocycles.